The number of β-lactam (4-membered cyclic amide) rings is 1. The molecule has 2 aromatic carbocycles. The maximum atomic E-state index is 13.9. The monoisotopic (exact) mass is 431 g/mol. The van der Waals surface area contributed by atoms with Gasteiger partial charge in [-0.3, -0.25) is 14.2 Å². The molecule has 1 fully saturated rings. The molecule has 0 radical (unpaired) electrons. The third-order valence-corrected chi connectivity index (χ3v) is 7.18. The van der Waals surface area contributed by atoms with Crippen molar-refractivity contribution in [3.8, 4) is 0 Å². The van der Waals surface area contributed by atoms with E-state index in [1.54, 1.807) is 38.1 Å². The van der Waals surface area contributed by atoms with Crippen LogP contribution >= 0.6 is 7.60 Å². The van der Waals surface area contributed by atoms with Gasteiger partial charge in [-0.15, -0.1) is 0 Å². The van der Waals surface area contributed by atoms with E-state index >= 15 is 0 Å². The first-order valence-electron chi connectivity index (χ1n) is 9.91. The first kappa shape index (κ1) is 22.2. The molecule has 2 aromatic rings. The van der Waals surface area contributed by atoms with Gasteiger partial charge in [0.25, 0.3) is 5.91 Å². The summed E-state index contributed by atoms with van der Waals surface area (Å²) in [4.78, 5) is 26.3. The van der Waals surface area contributed by atoms with E-state index in [4.69, 9.17) is 13.8 Å². The van der Waals surface area contributed by atoms with E-state index in [0.717, 1.165) is 5.56 Å². The van der Waals surface area contributed by atoms with Crippen molar-refractivity contribution in [3.05, 3.63) is 71.8 Å². The van der Waals surface area contributed by atoms with Crippen LogP contribution in [0.2, 0.25) is 0 Å². The zero-order chi connectivity index (χ0) is 21.7. The van der Waals surface area contributed by atoms with Crippen LogP contribution in [0.5, 0.6) is 0 Å². The molecule has 0 spiro atoms. The van der Waals surface area contributed by atoms with Crippen molar-refractivity contribution in [2.45, 2.75) is 38.7 Å². The summed E-state index contributed by atoms with van der Waals surface area (Å²) in [6.45, 7) is 5.03. The number of carbonyl (C=O) groups excluding carboxylic acids is 2. The first-order chi connectivity index (χ1) is 14.4. The van der Waals surface area contributed by atoms with Crippen LogP contribution in [-0.2, 0) is 27.9 Å². The van der Waals surface area contributed by atoms with Crippen LogP contribution in [0, 0.1) is 0 Å². The molecule has 1 saturated heterocycles. The fraction of sp³-hybridized carbons (Fsp3) is 0.364. The van der Waals surface area contributed by atoms with Gasteiger partial charge in [-0.25, -0.2) is 0 Å². The quantitative estimate of drug-likeness (QED) is 0.331. The predicted octanol–water partition coefficient (Wildman–Crippen LogP) is 4.47. The normalized spacial score (nSPS) is 19.8. The highest BCUT2D eigenvalue weighted by Gasteiger charge is 2.58. The summed E-state index contributed by atoms with van der Waals surface area (Å²) in [6.07, 6.45) is -0.993. The molecule has 7 nitrogen and oxygen atoms in total. The number of esters is 1. The molecule has 8 heteroatoms. The molecule has 30 heavy (non-hydrogen) atoms. The van der Waals surface area contributed by atoms with Gasteiger partial charge in [0, 0.05) is 6.92 Å². The maximum absolute atomic E-state index is 13.9. The van der Waals surface area contributed by atoms with Crippen molar-refractivity contribution in [1.82, 2.24) is 4.90 Å². The molecule has 0 aliphatic carbocycles. The van der Waals surface area contributed by atoms with Crippen LogP contribution in [0.3, 0.4) is 0 Å². The summed E-state index contributed by atoms with van der Waals surface area (Å²) in [7, 11) is -3.76. The molecule has 1 aliphatic heterocycles. The molecule has 3 atom stereocenters. The standard InChI is InChI=1S/C22H26NO6P/c1-4-27-30(26,28-5-2)22(18-14-10-7-11-15-18)23-19(17-12-8-6-9-13-17)20(21(23)25)29-16(3)24/h6-15,19-20,22H,4-5H2,1-3H3/t19-,20+,22?/m0/s1. The number of likely N-dealkylation sites (tertiary alicyclic amines) is 1. The molecule has 0 aromatic heterocycles. The largest absolute Gasteiger partial charge is 0.450 e. The smallest absolute Gasteiger partial charge is 0.357 e. The lowest BCUT2D eigenvalue weighted by atomic mass is 9.89. The Labute approximate surface area is 176 Å². The Morgan fingerprint density at radius 3 is 2.03 bits per heavy atom. The van der Waals surface area contributed by atoms with E-state index in [-0.39, 0.29) is 13.2 Å². The Morgan fingerprint density at radius 2 is 1.53 bits per heavy atom. The summed E-state index contributed by atoms with van der Waals surface area (Å²) in [5.41, 5.74) is 1.39. The minimum absolute atomic E-state index is 0.159. The maximum Gasteiger partial charge on any atom is 0.357 e. The zero-order valence-corrected chi connectivity index (χ0v) is 18.2. The van der Waals surface area contributed by atoms with Crippen molar-refractivity contribution in [3.63, 3.8) is 0 Å². The Balaban J connectivity index is 2.12. The molecule has 0 saturated carbocycles. The number of ether oxygens (including phenoxy) is 1. The van der Waals surface area contributed by atoms with E-state index in [0.29, 0.717) is 5.56 Å². The lowest BCUT2D eigenvalue weighted by Gasteiger charge is -2.50. The van der Waals surface area contributed by atoms with E-state index in [2.05, 4.69) is 0 Å². The molecule has 1 heterocycles. The van der Waals surface area contributed by atoms with Gasteiger partial charge >= 0.3 is 13.6 Å². The number of carbonyl (C=O) groups is 2. The van der Waals surface area contributed by atoms with Crippen molar-refractivity contribution in [2.24, 2.45) is 0 Å². The molecule has 1 aliphatic rings. The number of hydrogen-bond donors (Lipinski definition) is 0. The molecule has 1 unspecified atom stereocenters. The van der Waals surface area contributed by atoms with Crippen LogP contribution in [0.15, 0.2) is 60.7 Å². The number of hydrogen-bond acceptors (Lipinski definition) is 6. The van der Waals surface area contributed by atoms with Gasteiger partial charge in [-0.2, -0.15) is 0 Å². The zero-order valence-electron chi connectivity index (χ0n) is 17.3. The minimum atomic E-state index is -3.76. The Kier molecular flexibility index (Phi) is 7.08. The van der Waals surface area contributed by atoms with Gasteiger partial charge in [0.15, 0.2) is 5.78 Å². The van der Waals surface area contributed by atoms with Crippen molar-refractivity contribution < 1.29 is 27.9 Å². The van der Waals surface area contributed by atoms with Crippen LogP contribution < -0.4 is 0 Å². The average Bonchev–Trinajstić information content (AvgIpc) is 2.74. The molecule has 3 rings (SSSR count). The molecular formula is C22H26NO6P. The summed E-state index contributed by atoms with van der Waals surface area (Å²) in [5, 5.41) is 0. The minimum Gasteiger partial charge on any atom is -0.450 e. The number of rotatable bonds is 9. The first-order valence-corrected chi connectivity index (χ1v) is 11.5. The van der Waals surface area contributed by atoms with Gasteiger partial charge in [-0.05, 0) is 25.0 Å². The van der Waals surface area contributed by atoms with E-state index in [9.17, 15) is 14.2 Å². The summed E-state index contributed by atoms with van der Waals surface area (Å²) in [6, 6.07) is 17.6. The highest BCUT2D eigenvalue weighted by atomic mass is 31.2. The van der Waals surface area contributed by atoms with Gasteiger partial charge in [0.05, 0.1) is 13.2 Å². The Hall–Kier alpha value is -2.47. The second-order valence-electron chi connectivity index (χ2n) is 6.79. The second-order valence-corrected chi connectivity index (χ2v) is 8.88. The lowest BCUT2D eigenvalue weighted by Crippen LogP contribution is -2.61. The van der Waals surface area contributed by atoms with Crippen molar-refractivity contribution >= 4 is 19.5 Å². The topological polar surface area (TPSA) is 82.1 Å². The Bertz CT molecular complexity index is 910. The van der Waals surface area contributed by atoms with Gasteiger partial charge in [-0.1, -0.05) is 60.7 Å². The SMILES string of the molecule is CCOP(=O)(OCC)C(c1ccccc1)N1C(=O)[C@H](OC(C)=O)[C@@H]1c1ccccc1. The lowest BCUT2D eigenvalue weighted by molar-refractivity contribution is -0.185. The van der Waals surface area contributed by atoms with Gasteiger partial charge < -0.3 is 18.7 Å². The highest BCUT2D eigenvalue weighted by molar-refractivity contribution is 7.54. The van der Waals surface area contributed by atoms with Crippen LogP contribution in [0.1, 0.15) is 43.7 Å². The van der Waals surface area contributed by atoms with E-state index < -0.39 is 37.4 Å². The predicted molar refractivity (Wildman–Crippen MR) is 112 cm³/mol. The number of amides is 1. The molecule has 0 N–H and O–H groups in total. The van der Waals surface area contributed by atoms with Gasteiger partial charge in [0.1, 0.15) is 6.04 Å². The second kappa shape index (κ2) is 9.56. The number of nitrogens with zero attached hydrogens (tertiary/aromatic N) is 1. The fourth-order valence-corrected chi connectivity index (χ4v) is 5.87. The highest BCUT2D eigenvalue weighted by Crippen LogP contribution is 2.65. The van der Waals surface area contributed by atoms with E-state index in [1.807, 2.05) is 36.4 Å². The van der Waals surface area contributed by atoms with E-state index in [1.165, 1.54) is 11.8 Å². The van der Waals surface area contributed by atoms with Crippen LogP contribution in [0.25, 0.3) is 0 Å². The molecule has 0 bridgehead atoms. The number of benzene rings is 2. The third kappa shape index (κ3) is 4.33. The third-order valence-electron chi connectivity index (χ3n) is 4.80. The molecule has 1 amide bonds. The molecule has 160 valence electrons. The summed E-state index contributed by atoms with van der Waals surface area (Å²) >= 11 is 0. The van der Waals surface area contributed by atoms with Crippen LogP contribution in [0.4, 0.5) is 0 Å². The van der Waals surface area contributed by atoms with Gasteiger partial charge in [0.2, 0.25) is 6.10 Å². The summed E-state index contributed by atoms with van der Waals surface area (Å²) in [5.74, 6) is -1.96. The average molecular weight is 431 g/mol. The van der Waals surface area contributed by atoms with Crippen LogP contribution in [-0.4, -0.2) is 36.1 Å². The van der Waals surface area contributed by atoms with Crippen molar-refractivity contribution in [1.29, 1.82) is 0 Å². The van der Waals surface area contributed by atoms with Crippen molar-refractivity contribution in [2.75, 3.05) is 13.2 Å². The Morgan fingerprint density at radius 1 is 1.00 bits per heavy atom. The summed E-state index contributed by atoms with van der Waals surface area (Å²) < 4.78 is 30.4. The fourth-order valence-electron chi connectivity index (χ4n) is 3.69. The molecular weight excluding hydrogens is 405 g/mol.